The molecule has 0 bridgehead atoms. The summed E-state index contributed by atoms with van der Waals surface area (Å²) in [5, 5.41) is -0.135. The maximum absolute atomic E-state index is 13.3. The number of nitrogens with two attached hydrogens (primary N) is 1. The van der Waals surface area contributed by atoms with Crippen molar-refractivity contribution in [2.45, 2.75) is 28.8 Å². The summed E-state index contributed by atoms with van der Waals surface area (Å²) in [6, 6.07) is 9.50. The van der Waals surface area contributed by atoms with Crippen molar-refractivity contribution in [3.63, 3.8) is 0 Å². The molecule has 0 aliphatic carbocycles. The summed E-state index contributed by atoms with van der Waals surface area (Å²) >= 11 is 6.06. The third-order valence-electron chi connectivity index (χ3n) is 4.45. The smallest absolute Gasteiger partial charge is 0.245 e. The van der Waals surface area contributed by atoms with Crippen molar-refractivity contribution >= 4 is 37.4 Å². The third kappa shape index (κ3) is 3.73. The molecule has 0 saturated carbocycles. The molecule has 2 aromatic rings. The lowest BCUT2D eigenvalue weighted by Crippen LogP contribution is -2.51. The first-order valence-corrected chi connectivity index (χ1v) is 11.6. The summed E-state index contributed by atoms with van der Waals surface area (Å²) in [6.07, 6.45) is 1.10. The molecule has 10 heteroatoms. The van der Waals surface area contributed by atoms with Crippen LogP contribution in [0.1, 0.15) is 11.1 Å². The molecular weight excluding hydrogens is 412 g/mol. The maximum atomic E-state index is 13.3. The highest BCUT2D eigenvalue weighted by Crippen LogP contribution is 2.33. The fourth-order valence-electron chi connectivity index (χ4n) is 3.03. The van der Waals surface area contributed by atoms with Crippen LogP contribution in [0.3, 0.4) is 0 Å². The van der Waals surface area contributed by atoms with Gasteiger partial charge in [-0.1, -0.05) is 35.9 Å². The Balaban J connectivity index is 2.15. The molecule has 3 rings (SSSR count). The molecule has 0 spiro atoms. The Morgan fingerprint density at radius 3 is 2.33 bits per heavy atom. The molecule has 0 fully saturated rings. The van der Waals surface area contributed by atoms with Crippen LogP contribution in [-0.2, 0) is 37.6 Å². The zero-order valence-electron chi connectivity index (χ0n) is 14.3. The van der Waals surface area contributed by atoms with E-state index in [9.17, 15) is 21.6 Å². The molecule has 2 N–H and O–H groups in total. The fraction of sp³-hybridized carbons (Fsp3) is 0.235. The second-order valence-electron chi connectivity index (χ2n) is 6.31. The average Bonchev–Trinajstić information content (AvgIpc) is 2.59. The van der Waals surface area contributed by atoms with Gasteiger partial charge in [-0.3, -0.25) is 4.79 Å². The average molecular weight is 429 g/mol. The van der Waals surface area contributed by atoms with Crippen molar-refractivity contribution in [1.82, 2.24) is 4.31 Å². The normalized spacial score (nSPS) is 18.1. The van der Waals surface area contributed by atoms with Crippen molar-refractivity contribution in [3.8, 4) is 0 Å². The van der Waals surface area contributed by atoms with E-state index in [1.807, 2.05) is 6.07 Å². The van der Waals surface area contributed by atoms with Gasteiger partial charge in [0.2, 0.25) is 15.9 Å². The van der Waals surface area contributed by atoms with Crippen molar-refractivity contribution in [2.24, 2.45) is 5.73 Å². The second kappa shape index (κ2) is 6.90. The Hall–Kier alpha value is -1.94. The molecule has 0 radical (unpaired) electrons. The van der Waals surface area contributed by atoms with E-state index in [1.54, 1.807) is 18.2 Å². The lowest BCUT2D eigenvalue weighted by Gasteiger charge is -2.34. The van der Waals surface area contributed by atoms with Gasteiger partial charge in [0.05, 0.1) is 9.92 Å². The molecule has 1 aliphatic rings. The van der Waals surface area contributed by atoms with E-state index in [0.717, 1.165) is 27.8 Å². The Kier molecular flexibility index (Phi) is 5.06. The number of benzene rings is 2. The van der Waals surface area contributed by atoms with E-state index in [-0.39, 0.29) is 27.8 Å². The van der Waals surface area contributed by atoms with Crippen LogP contribution >= 0.6 is 11.6 Å². The van der Waals surface area contributed by atoms with Gasteiger partial charge in [0, 0.05) is 12.8 Å². The number of nitrogens with zero attached hydrogens (tertiary/aromatic N) is 1. The van der Waals surface area contributed by atoms with Gasteiger partial charge >= 0.3 is 0 Å². The van der Waals surface area contributed by atoms with E-state index in [2.05, 4.69) is 0 Å². The minimum Gasteiger partial charge on any atom is -0.368 e. The van der Waals surface area contributed by atoms with Crippen LogP contribution in [0.15, 0.2) is 52.3 Å². The number of hydrogen-bond donors (Lipinski definition) is 1. The molecule has 0 saturated heterocycles. The van der Waals surface area contributed by atoms with Crippen LogP contribution in [0.4, 0.5) is 0 Å². The number of halogens is 1. The number of sulfonamides is 1. The van der Waals surface area contributed by atoms with Crippen LogP contribution in [0.5, 0.6) is 0 Å². The minimum atomic E-state index is -4.28. The van der Waals surface area contributed by atoms with Crippen molar-refractivity contribution < 1.29 is 21.6 Å². The van der Waals surface area contributed by atoms with Crippen molar-refractivity contribution in [2.75, 3.05) is 6.26 Å². The zero-order chi connectivity index (χ0) is 20.0. The highest BCUT2D eigenvalue weighted by Gasteiger charge is 2.39. The van der Waals surface area contributed by atoms with Crippen LogP contribution in [0.2, 0.25) is 5.02 Å². The summed E-state index contributed by atoms with van der Waals surface area (Å²) in [6.45, 7) is -0.0639. The summed E-state index contributed by atoms with van der Waals surface area (Å²) in [5.74, 6) is -0.788. The number of rotatable bonds is 4. The number of primary amides is 1. The van der Waals surface area contributed by atoms with Crippen LogP contribution < -0.4 is 5.73 Å². The Morgan fingerprint density at radius 1 is 1.11 bits per heavy atom. The predicted molar refractivity (Wildman–Crippen MR) is 100 cm³/mol. The third-order valence-corrected chi connectivity index (χ3v) is 7.90. The van der Waals surface area contributed by atoms with Crippen LogP contribution in [0.25, 0.3) is 0 Å². The van der Waals surface area contributed by atoms with E-state index in [1.165, 1.54) is 12.1 Å². The first kappa shape index (κ1) is 19.8. The first-order chi connectivity index (χ1) is 12.5. The van der Waals surface area contributed by atoms with E-state index in [0.29, 0.717) is 0 Å². The number of amides is 1. The lowest BCUT2D eigenvalue weighted by atomic mass is 9.96. The van der Waals surface area contributed by atoms with Gasteiger partial charge < -0.3 is 5.73 Å². The number of carbonyl (C=O) groups is 1. The van der Waals surface area contributed by atoms with Gasteiger partial charge in [0.15, 0.2) is 9.84 Å². The largest absolute Gasteiger partial charge is 0.368 e. The molecule has 144 valence electrons. The summed E-state index contributed by atoms with van der Waals surface area (Å²) in [7, 11) is -7.92. The number of fused-ring (bicyclic) bond motifs is 1. The zero-order valence-corrected chi connectivity index (χ0v) is 16.7. The highest BCUT2D eigenvalue weighted by atomic mass is 35.5. The van der Waals surface area contributed by atoms with E-state index in [4.69, 9.17) is 17.3 Å². The van der Waals surface area contributed by atoms with Crippen LogP contribution in [0, 0.1) is 0 Å². The standard InChI is InChI=1S/C17H17ClN2O5S2/c1-26(22,23)13-6-7-14(18)16(9-13)27(24,25)20-10-12-5-3-2-4-11(12)8-15(20)17(19)21/h2-7,9,15H,8,10H2,1H3,(H2,19,21)/t15-/m0/s1. The quantitative estimate of drug-likeness (QED) is 0.789. The topological polar surface area (TPSA) is 115 Å². The SMILES string of the molecule is CS(=O)(=O)c1ccc(Cl)c(S(=O)(=O)N2Cc3ccccc3C[C@H]2C(N)=O)c1. The van der Waals surface area contributed by atoms with Gasteiger partial charge in [-0.05, 0) is 35.7 Å². The van der Waals surface area contributed by atoms with E-state index >= 15 is 0 Å². The lowest BCUT2D eigenvalue weighted by molar-refractivity contribution is -0.122. The fourth-order valence-corrected chi connectivity index (χ4v) is 5.83. The number of sulfone groups is 1. The first-order valence-electron chi connectivity index (χ1n) is 7.89. The highest BCUT2D eigenvalue weighted by molar-refractivity contribution is 7.91. The van der Waals surface area contributed by atoms with E-state index < -0.39 is 31.8 Å². The Morgan fingerprint density at radius 2 is 1.74 bits per heavy atom. The van der Waals surface area contributed by atoms with Crippen molar-refractivity contribution in [3.05, 3.63) is 58.6 Å². The van der Waals surface area contributed by atoms with Gasteiger partial charge in [-0.25, -0.2) is 16.8 Å². The molecule has 1 heterocycles. The number of hydrogen-bond acceptors (Lipinski definition) is 5. The molecule has 1 aliphatic heterocycles. The predicted octanol–water partition coefficient (Wildman–Crippen LogP) is 1.34. The molecule has 1 amide bonds. The summed E-state index contributed by atoms with van der Waals surface area (Å²) < 4.78 is 51.1. The van der Waals surface area contributed by atoms with Gasteiger partial charge in [-0.15, -0.1) is 0 Å². The van der Waals surface area contributed by atoms with Crippen LogP contribution in [-0.4, -0.2) is 39.3 Å². The molecule has 7 nitrogen and oxygen atoms in total. The summed E-state index contributed by atoms with van der Waals surface area (Å²) in [5.41, 5.74) is 7.03. The van der Waals surface area contributed by atoms with Crippen molar-refractivity contribution in [1.29, 1.82) is 0 Å². The maximum Gasteiger partial charge on any atom is 0.245 e. The van der Waals surface area contributed by atoms with Gasteiger partial charge in [-0.2, -0.15) is 4.31 Å². The molecule has 1 atom stereocenters. The number of carbonyl (C=O) groups excluding carboxylic acids is 1. The van der Waals surface area contributed by atoms with Gasteiger partial charge in [0.25, 0.3) is 0 Å². The summed E-state index contributed by atoms with van der Waals surface area (Å²) in [4.78, 5) is 11.4. The minimum absolute atomic E-state index is 0.0639. The molecule has 0 aromatic heterocycles. The second-order valence-corrected chi connectivity index (χ2v) is 10.6. The molecule has 27 heavy (non-hydrogen) atoms. The Bertz CT molecular complexity index is 1130. The van der Waals surface area contributed by atoms with Gasteiger partial charge in [0.1, 0.15) is 10.9 Å². The molecular formula is C17H17ClN2O5S2. The monoisotopic (exact) mass is 428 g/mol. The Labute approximate surface area is 162 Å². The molecule has 2 aromatic carbocycles. The molecule has 0 unspecified atom stereocenters.